The summed E-state index contributed by atoms with van der Waals surface area (Å²) < 4.78 is 0. The van der Waals surface area contributed by atoms with Crippen molar-refractivity contribution in [1.29, 1.82) is 0 Å². The quantitative estimate of drug-likeness (QED) is 0.0548. The molecule has 0 saturated carbocycles. The van der Waals surface area contributed by atoms with E-state index in [4.69, 9.17) is 17.2 Å². The number of imidazole rings is 1. The molecule has 0 aliphatic rings. The van der Waals surface area contributed by atoms with Crippen LogP contribution in [0.1, 0.15) is 44.4 Å². The number of benzene rings is 1. The highest BCUT2D eigenvalue weighted by Gasteiger charge is 2.31. The van der Waals surface area contributed by atoms with Crippen molar-refractivity contribution in [3.8, 4) is 0 Å². The Morgan fingerprint density at radius 2 is 1.64 bits per heavy atom. The van der Waals surface area contributed by atoms with E-state index in [0.717, 1.165) is 16.5 Å². The molecule has 0 saturated heterocycles. The van der Waals surface area contributed by atoms with Gasteiger partial charge in [0.15, 0.2) is 5.96 Å². The average Bonchev–Trinajstić information content (AvgIpc) is 3.63. The van der Waals surface area contributed by atoms with E-state index in [1.165, 1.54) is 6.33 Å². The van der Waals surface area contributed by atoms with Crippen molar-refractivity contribution in [2.75, 3.05) is 6.54 Å². The predicted molar refractivity (Wildman–Crippen MR) is 165 cm³/mol. The van der Waals surface area contributed by atoms with Crippen molar-refractivity contribution in [2.24, 2.45) is 28.1 Å². The van der Waals surface area contributed by atoms with Gasteiger partial charge in [0.2, 0.25) is 17.7 Å². The van der Waals surface area contributed by atoms with E-state index < -0.39 is 47.9 Å². The third-order valence-corrected chi connectivity index (χ3v) is 6.96. The Morgan fingerprint density at radius 1 is 0.955 bits per heavy atom. The summed E-state index contributed by atoms with van der Waals surface area (Å²) >= 11 is 0. The maximum atomic E-state index is 13.7. The van der Waals surface area contributed by atoms with Crippen LogP contribution >= 0.6 is 0 Å². The molecule has 4 atom stereocenters. The van der Waals surface area contributed by atoms with Crippen LogP contribution in [0.2, 0.25) is 0 Å². The maximum Gasteiger partial charge on any atom is 0.326 e. The second-order valence-electron chi connectivity index (χ2n) is 11.1. The zero-order valence-corrected chi connectivity index (χ0v) is 24.9. The van der Waals surface area contributed by atoms with Gasteiger partial charge in [-0.2, -0.15) is 0 Å². The summed E-state index contributed by atoms with van der Waals surface area (Å²) in [6.07, 6.45) is 5.64. The van der Waals surface area contributed by atoms with E-state index in [-0.39, 0.29) is 44.1 Å². The lowest BCUT2D eigenvalue weighted by molar-refractivity contribution is -0.142. The Balaban J connectivity index is 1.84. The van der Waals surface area contributed by atoms with Gasteiger partial charge in [-0.1, -0.05) is 32.0 Å². The number of amides is 3. The molecular weight excluding hydrogens is 568 g/mol. The van der Waals surface area contributed by atoms with Gasteiger partial charge in [0.1, 0.15) is 18.1 Å². The van der Waals surface area contributed by atoms with Crippen LogP contribution in [0.5, 0.6) is 0 Å². The van der Waals surface area contributed by atoms with E-state index in [1.54, 1.807) is 12.4 Å². The van der Waals surface area contributed by atoms with Crippen LogP contribution in [0.25, 0.3) is 10.9 Å². The molecule has 0 radical (unpaired) electrons. The smallest absolute Gasteiger partial charge is 0.326 e. The first-order valence-corrected chi connectivity index (χ1v) is 14.4. The number of H-pyrrole nitrogens is 2. The highest BCUT2D eigenvalue weighted by atomic mass is 16.4. The summed E-state index contributed by atoms with van der Waals surface area (Å²) in [5.74, 6) is -3.19. The summed E-state index contributed by atoms with van der Waals surface area (Å²) in [5.41, 5.74) is 19.2. The molecule has 3 amide bonds. The number of hydrogen-bond acceptors (Lipinski definition) is 7. The van der Waals surface area contributed by atoms with E-state index >= 15 is 0 Å². The number of para-hydroxylation sites is 1. The average molecular weight is 611 g/mol. The SMILES string of the molecule is CC(C)CC(NC(=O)C(Cc1c[nH]c2ccccc12)NC(=O)C(CCCN=C(N)N)NC(=O)C(N)Cc1cnc[nH]1)C(=O)O. The number of guanidine groups is 1. The van der Waals surface area contributed by atoms with Gasteiger partial charge in [-0.25, -0.2) is 9.78 Å². The number of nitrogens with zero attached hydrogens (tertiary/aromatic N) is 2. The van der Waals surface area contributed by atoms with Gasteiger partial charge in [0.05, 0.1) is 12.4 Å². The normalized spacial score (nSPS) is 13.9. The van der Waals surface area contributed by atoms with Gasteiger partial charge in [-0.15, -0.1) is 0 Å². The summed E-state index contributed by atoms with van der Waals surface area (Å²) in [4.78, 5) is 66.0. The Morgan fingerprint density at radius 3 is 2.30 bits per heavy atom. The van der Waals surface area contributed by atoms with E-state index in [0.29, 0.717) is 12.1 Å². The van der Waals surface area contributed by atoms with Gasteiger partial charge in [0, 0.05) is 48.4 Å². The molecule has 3 aromatic rings. The number of carbonyl (C=O) groups excluding carboxylic acids is 3. The number of rotatable bonds is 17. The second-order valence-corrected chi connectivity index (χ2v) is 11.1. The Kier molecular flexibility index (Phi) is 12.3. The number of hydrogen-bond donors (Lipinski definition) is 9. The van der Waals surface area contributed by atoms with E-state index in [1.807, 2.05) is 38.1 Å². The molecule has 1 aromatic carbocycles. The molecule has 0 aliphatic heterocycles. The van der Waals surface area contributed by atoms with E-state index in [2.05, 4.69) is 35.9 Å². The number of carboxylic acid groups (broad SMARTS) is 1. The van der Waals surface area contributed by atoms with E-state index in [9.17, 15) is 24.3 Å². The van der Waals surface area contributed by atoms with Crippen molar-refractivity contribution in [1.82, 2.24) is 30.9 Å². The molecule has 238 valence electrons. The molecule has 15 nitrogen and oxygen atoms in total. The third-order valence-electron chi connectivity index (χ3n) is 6.96. The monoisotopic (exact) mass is 610 g/mol. The van der Waals surface area contributed by atoms with Gasteiger partial charge >= 0.3 is 5.97 Å². The molecule has 0 aliphatic carbocycles. The first-order chi connectivity index (χ1) is 20.9. The summed E-state index contributed by atoms with van der Waals surface area (Å²) in [6, 6.07) is 3.09. The Bertz CT molecular complexity index is 1430. The molecule has 15 heteroatoms. The molecule has 2 heterocycles. The number of carbonyl (C=O) groups is 4. The lowest BCUT2D eigenvalue weighted by Gasteiger charge is -2.25. The fourth-order valence-electron chi connectivity index (χ4n) is 4.74. The highest BCUT2D eigenvalue weighted by Crippen LogP contribution is 2.19. The van der Waals surface area contributed by atoms with Crippen LogP contribution < -0.4 is 33.2 Å². The van der Waals surface area contributed by atoms with Crippen LogP contribution in [0.4, 0.5) is 0 Å². The van der Waals surface area contributed by atoms with Crippen LogP contribution in [0.15, 0.2) is 48.0 Å². The number of nitrogens with two attached hydrogens (primary N) is 3. The van der Waals surface area contributed by atoms with Crippen molar-refractivity contribution in [3.05, 3.63) is 54.2 Å². The van der Waals surface area contributed by atoms with Gasteiger partial charge in [-0.05, 0) is 36.8 Å². The minimum absolute atomic E-state index is 0.00571. The molecule has 0 spiro atoms. The molecular formula is C29H42N10O5. The van der Waals surface area contributed by atoms with Crippen LogP contribution in [0.3, 0.4) is 0 Å². The van der Waals surface area contributed by atoms with Gasteiger partial charge in [0.25, 0.3) is 0 Å². The van der Waals surface area contributed by atoms with Crippen molar-refractivity contribution in [2.45, 2.75) is 70.1 Å². The fourth-order valence-corrected chi connectivity index (χ4v) is 4.74. The minimum Gasteiger partial charge on any atom is -0.480 e. The first kappa shape index (κ1) is 33.6. The van der Waals surface area contributed by atoms with Crippen molar-refractivity contribution >= 4 is 40.6 Å². The second kappa shape index (κ2) is 16.1. The number of carboxylic acids is 1. The number of nitrogens with one attached hydrogen (secondary N) is 5. The number of aliphatic imine (C=N–C) groups is 1. The number of fused-ring (bicyclic) bond motifs is 1. The molecule has 3 rings (SSSR count). The summed E-state index contributed by atoms with van der Waals surface area (Å²) in [5, 5.41) is 18.6. The zero-order chi connectivity index (χ0) is 32.2. The number of aliphatic carboxylic acids is 1. The molecule has 2 aromatic heterocycles. The first-order valence-electron chi connectivity index (χ1n) is 14.4. The predicted octanol–water partition coefficient (Wildman–Crippen LogP) is -0.358. The topological polar surface area (TPSA) is 259 Å². The number of aromatic nitrogens is 3. The van der Waals surface area contributed by atoms with Crippen molar-refractivity contribution in [3.63, 3.8) is 0 Å². The van der Waals surface area contributed by atoms with Crippen molar-refractivity contribution < 1.29 is 24.3 Å². The van der Waals surface area contributed by atoms with Crippen LogP contribution in [0, 0.1) is 5.92 Å². The van der Waals surface area contributed by atoms with Crippen LogP contribution in [-0.4, -0.2) is 80.4 Å². The third kappa shape index (κ3) is 10.1. The van der Waals surface area contributed by atoms with Gasteiger partial charge in [-0.3, -0.25) is 19.4 Å². The molecule has 12 N–H and O–H groups in total. The molecule has 4 unspecified atom stereocenters. The van der Waals surface area contributed by atoms with Crippen LogP contribution in [-0.2, 0) is 32.0 Å². The Hall–Kier alpha value is -4.92. The molecule has 44 heavy (non-hydrogen) atoms. The zero-order valence-electron chi connectivity index (χ0n) is 24.9. The largest absolute Gasteiger partial charge is 0.480 e. The minimum atomic E-state index is -1.18. The fraction of sp³-hybridized carbons (Fsp3) is 0.448. The lowest BCUT2D eigenvalue weighted by Crippen LogP contribution is -2.57. The standard InChI is InChI=1S/C29H42N10O5/c1-16(2)10-24(28(43)44)39-27(42)23(11-17-13-35-21-7-4-3-6-19(17)21)38-26(41)22(8-5-9-34-29(31)32)37-25(40)20(30)12-18-14-33-15-36-18/h3-4,6-7,13-16,20,22-24,35H,5,8-12,30H2,1-2H3,(H,33,36)(H,37,40)(H,38,41)(H,39,42)(H,43,44)(H4,31,32,34). The van der Waals surface area contributed by atoms with Gasteiger partial charge < -0.3 is 48.2 Å². The molecule has 0 fully saturated rings. The summed E-state index contributed by atoms with van der Waals surface area (Å²) in [7, 11) is 0. The summed E-state index contributed by atoms with van der Waals surface area (Å²) in [6.45, 7) is 3.90. The molecule has 0 bridgehead atoms. The highest BCUT2D eigenvalue weighted by molar-refractivity contribution is 5.95. The maximum absolute atomic E-state index is 13.7. The number of aromatic amines is 2. The lowest BCUT2D eigenvalue weighted by atomic mass is 10.0. The Labute approximate surface area is 254 Å².